The summed E-state index contributed by atoms with van der Waals surface area (Å²) < 4.78 is 0. The summed E-state index contributed by atoms with van der Waals surface area (Å²) in [4.78, 5) is 8.57. The number of aryl methyl sites for hydroxylation is 1. The predicted octanol–water partition coefficient (Wildman–Crippen LogP) is 4.14. The van der Waals surface area contributed by atoms with Crippen molar-refractivity contribution in [3.05, 3.63) is 10.6 Å². The first-order valence-electron chi connectivity index (χ1n) is 7.48. The van der Waals surface area contributed by atoms with Crippen molar-refractivity contribution in [1.82, 2.24) is 10.3 Å². The Morgan fingerprint density at radius 2 is 1.89 bits per heavy atom. The third-order valence-electron chi connectivity index (χ3n) is 3.25. The van der Waals surface area contributed by atoms with Crippen molar-refractivity contribution in [3.8, 4) is 0 Å². The molecular weight excluding hydrogens is 254 g/mol. The molecule has 3 nitrogen and oxygen atoms in total. The zero-order chi connectivity index (χ0) is 14.4. The summed E-state index contributed by atoms with van der Waals surface area (Å²) >= 11 is 1.85. The summed E-state index contributed by atoms with van der Waals surface area (Å²) in [6, 6.07) is 0.916. The Labute approximate surface area is 122 Å². The van der Waals surface area contributed by atoms with E-state index in [4.69, 9.17) is 4.98 Å². The van der Waals surface area contributed by atoms with Gasteiger partial charge in [-0.05, 0) is 47.1 Å². The number of anilines is 1. The van der Waals surface area contributed by atoms with E-state index in [0.29, 0.717) is 12.1 Å². The Kier molecular flexibility index (Phi) is 6.80. The summed E-state index contributed by atoms with van der Waals surface area (Å²) in [6.45, 7) is 15.4. The van der Waals surface area contributed by atoms with Crippen LogP contribution < -0.4 is 10.2 Å². The first-order valence-corrected chi connectivity index (χ1v) is 8.30. The molecule has 0 aliphatic carbocycles. The van der Waals surface area contributed by atoms with Gasteiger partial charge in [-0.1, -0.05) is 13.8 Å². The first-order chi connectivity index (χ1) is 9.01. The summed E-state index contributed by atoms with van der Waals surface area (Å²) in [7, 11) is 0. The van der Waals surface area contributed by atoms with Gasteiger partial charge in [0.05, 0.1) is 5.69 Å². The van der Waals surface area contributed by atoms with Crippen LogP contribution in [0.1, 0.15) is 64.1 Å². The van der Waals surface area contributed by atoms with Crippen LogP contribution in [0.3, 0.4) is 0 Å². The SMILES string of the molecule is CCCNC(C)c1sc(N(CCC)C(C)C)nc1C. The Hall–Kier alpha value is -0.610. The van der Waals surface area contributed by atoms with Crippen LogP contribution >= 0.6 is 11.3 Å². The fraction of sp³-hybridized carbons (Fsp3) is 0.800. The summed E-state index contributed by atoms with van der Waals surface area (Å²) in [5, 5.41) is 4.73. The van der Waals surface area contributed by atoms with Gasteiger partial charge in [0.25, 0.3) is 0 Å². The van der Waals surface area contributed by atoms with Gasteiger partial charge in [0, 0.05) is 23.5 Å². The van der Waals surface area contributed by atoms with E-state index < -0.39 is 0 Å². The Morgan fingerprint density at radius 3 is 2.42 bits per heavy atom. The van der Waals surface area contributed by atoms with Crippen molar-refractivity contribution in [1.29, 1.82) is 0 Å². The normalized spacial score (nSPS) is 13.0. The molecule has 0 saturated heterocycles. The molecular formula is C15H29N3S. The van der Waals surface area contributed by atoms with Crippen LogP contribution in [0.15, 0.2) is 0 Å². The summed E-state index contributed by atoms with van der Waals surface area (Å²) in [5.41, 5.74) is 1.18. The van der Waals surface area contributed by atoms with Gasteiger partial charge in [0.1, 0.15) is 0 Å². The van der Waals surface area contributed by atoms with E-state index >= 15 is 0 Å². The molecule has 0 amide bonds. The molecule has 1 atom stereocenters. The van der Waals surface area contributed by atoms with E-state index in [-0.39, 0.29) is 0 Å². The number of hydrogen-bond acceptors (Lipinski definition) is 4. The van der Waals surface area contributed by atoms with Gasteiger partial charge in [-0.25, -0.2) is 4.98 Å². The Bertz CT molecular complexity index is 373. The lowest BCUT2D eigenvalue weighted by Gasteiger charge is -2.25. The highest BCUT2D eigenvalue weighted by atomic mass is 32.1. The molecule has 1 heterocycles. The number of rotatable bonds is 8. The molecule has 110 valence electrons. The quantitative estimate of drug-likeness (QED) is 0.777. The maximum atomic E-state index is 4.78. The fourth-order valence-electron chi connectivity index (χ4n) is 2.19. The van der Waals surface area contributed by atoms with E-state index in [9.17, 15) is 0 Å². The highest BCUT2D eigenvalue weighted by molar-refractivity contribution is 7.15. The van der Waals surface area contributed by atoms with Gasteiger partial charge in [-0.2, -0.15) is 0 Å². The maximum absolute atomic E-state index is 4.78. The molecule has 4 heteroatoms. The molecule has 1 N–H and O–H groups in total. The van der Waals surface area contributed by atoms with Crippen LogP contribution in [-0.4, -0.2) is 24.1 Å². The fourth-order valence-corrected chi connectivity index (χ4v) is 3.44. The average Bonchev–Trinajstić information content (AvgIpc) is 2.74. The second-order valence-electron chi connectivity index (χ2n) is 5.41. The Balaban J connectivity index is 2.87. The molecule has 0 aliphatic heterocycles. The Morgan fingerprint density at radius 1 is 1.21 bits per heavy atom. The van der Waals surface area contributed by atoms with Crippen molar-refractivity contribution in [2.24, 2.45) is 0 Å². The van der Waals surface area contributed by atoms with Gasteiger partial charge < -0.3 is 10.2 Å². The topological polar surface area (TPSA) is 28.2 Å². The van der Waals surface area contributed by atoms with Gasteiger partial charge in [0.15, 0.2) is 5.13 Å². The lowest BCUT2D eigenvalue weighted by atomic mass is 10.2. The van der Waals surface area contributed by atoms with Crippen LogP contribution in [0.4, 0.5) is 5.13 Å². The van der Waals surface area contributed by atoms with Crippen molar-refractivity contribution >= 4 is 16.5 Å². The number of hydrogen-bond donors (Lipinski definition) is 1. The van der Waals surface area contributed by atoms with Gasteiger partial charge in [-0.3, -0.25) is 0 Å². The van der Waals surface area contributed by atoms with Crippen LogP contribution in [0.5, 0.6) is 0 Å². The molecule has 1 aromatic rings. The largest absolute Gasteiger partial charge is 0.346 e. The van der Waals surface area contributed by atoms with Gasteiger partial charge >= 0.3 is 0 Å². The van der Waals surface area contributed by atoms with Gasteiger partial charge in [0.2, 0.25) is 0 Å². The van der Waals surface area contributed by atoms with E-state index in [1.165, 1.54) is 22.1 Å². The number of nitrogens with one attached hydrogen (secondary N) is 1. The molecule has 0 bridgehead atoms. The molecule has 19 heavy (non-hydrogen) atoms. The number of thiazole rings is 1. The van der Waals surface area contributed by atoms with Crippen molar-refractivity contribution in [2.45, 2.75) is 66.5 Å². The van der Waals surface area contributed by atoms with E-state index in [2.05, 4.69) is 51.8 Å². The lowest BCUT2D eigenvalue weighted by Crippen LogP contribution is -2.31. The van der Waals surface area contributed by atoms with Crippen LogP contribution in [0.2, 0.25) is 0 Å². The minimum Gasteiger partial charge on any atom is -0.346 e. The molecule has 0 spiro atoms. The highest BCUT2D eigenvalue weighted by Crippen LogP contribution is 2.31. The summed E-state index contributed by atoms with van der Waals surface area (Å²) in [6.07, 6.45) is 2.33. The predicted molar refractivity (Wildman–Crippen MR) is 86.3 cm³/mol. The molecule has 0 fully saturated rings. The monoisotopic (exact) mass is 283 g/mol. The summed E-state index contributed by atoms with van der Waals surface area (Å²) in [5.74, 6) is 0. The molecule has 0 aromatic carbocycles. The van der Waals surface area contributed by atoms with Gasteiger partial charge in [-0.15, -0.1) is 11.3 Å². The van der Waals surface area contributed by atoms with Crippen LogP contribution in [0, 0.1) is 6.92 Å². The lowest BCUT2D eigenvalue weighted by molar-refractivity contribution is 0.575. The highest BCUT2D eigenvalue weighted by Gasteiger charge is 2.18. The molecule has 0 saturated carbocycles. The standard InChI is InChI=1S/C15H29N3S/c1-7-9-16-12(5)14-13(6)17-15(19-14)18(10-8-2)11(3)4/h11-12,16H,7-10H2,1-6H3. The molecule has 1 unspecified atom stereocenters. The zero-order valence-electron chi connectivity index (χ0n) is 13.3. The third kappa shape index (κ3) is 4.46. The minimum absolute atomic E-state index is 0.404. The van der Waals surface area contributed by atoms with Crippen molar-refractivity contribution in [3.63, 3.8) is 0 Å². The third-order valence-corrected chi connectivity index (χ3v) is 4.63. The average molecular weight is 283 g/mol. The van der Waals surface area contributed by atoms with E-state index in [1.807, 2.05) is 11.3 Å². The van der Waals surface area contributed by atoms with Crippen LogP contribution in [-0.2, 0) is 0 Å². The van der Waals surface area contributed by atoms with Crippen molar-refractivity contribution < 1.29 is 0 Å². The number of aromatic nitrogens is 1. The molecule has 1 aromatic heterocycles. The first kappa shape index (κ1) is 16.4. The number of nitrogens with zero attached hydrogens (tertiary/aromatic N) is 2. The van der Waals surface area contributed by atoms with Crippen molar-refractivity contribution in [2.75, 3.05) is 18.0 Å². The second kappa shape index (κ2) is 7.85. The molecule has 1 rings (SSSR count). The van der Waals surface area contributed by atoms with Crippen LogP contribution in [0.25, 0.3) is 0 Å². The second-order valence-corrected chi connectivity index (χ2v) is 6.42. The molecule has 0 aliphatic rings. The van der Waals surface area contributed by atoms with E-state index in [1.54, 1.807) is 0 Å². The minimum atomic E-state index is 0.404. The maximum Gasteiger partial charge on any atom is 0.186 e. The smallest absolute Gasteiger partial charge is 0.186 e. The molecule has 0 radical (unpaired) electrons. The van der Waals surface area contributed by atoms with E-state index in [0.717, 1.165) is 19.5 Å². The zero-order valence-corrected chi connectivity index (χ0v) is 14.1.